The molecule has 0 unspecified atom stereocenters. The Bertz CT molecular complexity index is 781. The van der Waals surface area contributed by atoms with Crippen molar-refractivity contribution >= 4 is 27.3 Å². The average Bonchev–Trinajstić information content (AvgIpc) is 2.43. The Balaban J connectivity index is 2.45. The number of anilines is 1. The van der Waals surface area contributed by atoms with Gasteiger partial charge in [-0.05, 0) is 35.9 Å². The molecule has 0 bridgehead atoms. The lowest BCUT2D eigenvalue weighted by atomic mass is 10.2. The quantitative estimate of drug-likeness (QED) is 0.904. The van der Waals surface area contributed by atoms with Crippen LogP contribution in [0.25, 0.3) is 0 Å². The van der Waals surface area contributed by atoms with E-state index in [1.165, 1.54) is 12.1 Å². The van der Waals surface area contributed by atoms with Crippen molar-refractivity contribution in [2.24, 2.45) is 0 Å². The minimum absolute atomic E-state index is 0.0290. The molecule has 0 fully saturated rings. The Morgan fingerprint density at radius 1 is 1.14 bits per heavy atom. The number of hydrogen-bond acceptors (Lipinski definition) is 3. The Morgan fingerprint density at radius 2 is 1.86 bits per heavy atom. The van der Waals surface area contributed by atoms with Crippen LogP contribution in [0, 0.1) is 11.6 Å². The van der Waals surface area contributed by atoms with Crippen molar-refractivity contribution in [1.82, 2.24) is 0 Å². The summed E-state index contributed by atoms with van der Waals surface area (Å²) >= 11 is 5.76. The Labute approximate surface area is 125 Å². The van der Waals surface area contributed by atoms with Crippen LogP contribution in [0.1, 0.15) is 5.56 Å². The summed E-state index contributed by atoms with van der Waals surface area (Å²) in [6, 6.07) is 6.29. The maximum atomic E-state index is 13.7. The maximum absolute atomic E-state index is 13.7. The lowest BCUT2D eigenvalue weighted by molar-refractivity contribution is 0.281. The maximum Gasteiger partial charge on any atom is 0.264 e. The number of nitrogens with one attached hydrogen (secondary N) is 1. The minimum atomic E-state index is -4.30. The molecule has 0 amide bonds. The molecule has 0 saturated heterocycles. The monoisotopic (exact) mass is 333 g/mol. The number of benzene rings is 2. The number of aliphatic hydroxyl groups is 1. The van der Waals surface area contributed by atoms with Gasteiger partial charge in [0.05, 0.1) is 17.3 Å². The van der Waals surface area contributed by atoms with E-state index in [0.717, 1.165) is 24.3 Å². The van der Waals surface area contributed by atoms with Crippen LogP contribution in [0.4, 0.5) is 14.5 Å². The van der Waals surface area contributed by atoms with Gasteiger partial charge in [-0.1, -0.05) is 17.7 Å². The number of sulfonamides is 1. The van der Waals surface area contributed by atoms with Crippen LogP contribution in [0.2, 0.25) is 5.02 Å². The van der Waals surface area contributed by atoms with Crippen molar-refractivity contribution in [3.63, 3.8) is 0 Å². The fraction of sp³-hybridized carbons (Fsp3) is 0.0769. The molecular formula is C13H10ClF2NO3S. The molecular weight excluding hydrogens is 324 g/mol. The summed E-state index contributed by atoms with van der Waals surface area (Å²) in [5, 5.41) is 8.95. The molecule has 2 N–H and O–H groups in total. The zero-order valence-electron chi connectivity index (χ0n) is 10.5. The molecule has 0 atom stereocenters. The SMILES string of the molecule is O=S(=O)(Nc1cc(F)ccc1Cl)c1cc(CO)ccc1F. The molecule has 112 valence electrons. The summed E-state index contributed by atoms with van der Waals surface area (Å²) in [6.45, 7) is -0.441. The van der Waals surface area contributed by atoms with Gasteiger partial charge in [-0.3, -0.25) is 4.72 Å². The van der Waals surface area contributed by atoms with Gasteiger partial charge in [-0.2, -0.15) is 0 Å². The first-order valence-electron chi connectivity index (χ1n) is 5.70. The van der Waals surface area contributed by atoms with Gasteiger partial charge in [0, 0.05) is 0 Å². The van der Waals surface area contributed by atoms with Crippen molar-refractivity contribution in [2.45, 2.75) is 11.5 Å². The lowest BCUT2D eigenvalue weighted by Crippen LogP contribution is -2.15. The summed E-state index contributed by atoms with van der Waals surface area (Å²) in [5.74, 6) is -1.69. The summed E-state index contributed by atoms with van der Waals surface area (Å²) in [5.41, 5.74) is 0.0209. The molecule has 0 aliphatic heterocycles. The van der Waals surface area contributed by atoms with Gasteiger partial charge in [0.2, 0.25) is 0 Å². The van der Waals surface area contributed by atoms with E-state index in [9.17, 15) is 17.2 Å². The van der Waals surface area contributed by atoms with Crippen molar-refractivity contribution in [3.8, 4) is 0 Å². The fourth-order valence-corrected chi connectivity index (χ4v) is 3.05. The zero-order valence-corrected chi connectivity index (χ0v) is 12.0. The minimum Gasteiger partial charge on any atom is -0.392 e. The van der Waals surface area contributed by atoms with Crippen LogP contribution in [0.3, 0.4) is 0 Å². The van der Waals surface area contributed by atoms with Crippen molar-refractivity contribution in [2.75, 3.05) is 4.72 Å². The molecule has 2 rings (SSSR count). The normalized spacial score (nSPS) is 11.4. The van der Waals surface area contributed by atoms with Gasteiger partial charge in [0.15, 0.2) is 0 Å². The van der Waals surface area contributed by atoms with Crippen LogP contribution < -0.4 is 4.72 Å². The lowest BCUT2D eigenvalue weighted by Gasteiger charge is -2.11. The molecule has 0 saturated carbocycles. The van der Waals surface area contributed by atoms with E-state index in [4.69, 9.17) is 16.7 Å². The van der Waals surface area contributed by atoms with E-state index in [1.54, 1.807) is 0 Å². The molecule has 0 aromatic heterocycles. The van der Waals surface area contributed by atoms with Gasteiger partial charge >= 0.3 is 0 Å². The standard InChI is InChI=1S/C13H10ClF2NO3S/c14-10-3-2-9(15)6-12(10)17-21(19,20)13-5-8(7-18)1-4-11(13)16/h1-6,17-18H,7H2. The summed E-state index contributed by atoms with van der Waals surface area (Å²) in [6.07, 6.45) is 0. The fourth-order valence-electron chi connectivity index (χ4n) is 1.63. The van der Waals surface area contributed by atoms with Crippen LogP contribution >= 0.6 is 11.6 Å². The molecule has 0 aliphatic carbocycles. The Hall–Kier alpha value is -1.70. The second-order valence-corrected chi connectivity index (χ2v) is 6.21. The summed E-state index contributed by atoms with van der Waals surface area (Å²) in [4.78, 5) is -0.658. The predicted molar refractivity (Wildman–Crippen MR) is 74.5 cm³/mol. The van der Waals surface area contributed by atoms with E-state index < -0.39 is 33.2 Å². The first-order valence-corrected chi connectivity index (χ1v) is 7.57. The molecule has 4 nitrogen and oxygen atoms in total. The number of aliphatic hydroxyl groups excluding tert-OH is 1. The molecule has 2 aromatic carbocycles. The highest BCUT2D eigenvalue weighted by Crippen LogP contribution is 2.26. The largest absolute Gasteiger partial charge is 0.392 e. The second kappa shape index (κ2) is 5.97. The van der Waals surface area contributed by atoms with Crippen molar-refractivity contribution in [1.29, 1.82) is 0 Å². The first kappa shape index (κ1) is 15.7. The highest BCUT2D eigenvalue weighted by Gasteiger charge is 2.21. The topological polar surface area (TPSA) is 66.4 Å². The van der Waals surface area contributed by atoms with Crippen LogP contribution in [-0.2, 0) is 16.6 Å². The van der Waals surface area contributed by atoms with E-state index in [-0.39, 0.29) is 16.3 Å². The van der Waals surface area contributed by atoms with Gasteiger partial charge in [-0.25, -0.2) is 17.2 Å². The highest BCUT2D eigenvalue weighted by atomic mass is 35.5. The number of hydrogen-bond donors (Lipinski definition) is 2. The zero-order chi connectivity index (χ0) is 15.6. The predicted octanol–water partition coefficient (Wildman–Crippen LogP) is 2.91. The van der Waals surface area contributed by atoms with Gasteiger partial charge in [-0.15, -0.1) is 0 Å². The number of halogens is 3. The smallest absolute Gasteiger partial charge is 0.264 e. The third-order valence-electron chi connectivity index (χ3n) is 2.64. The second-order valence-electron chi connectivity index (χ2n) is 4.15. The molecule has 0 aliphatic rings. The summed E-state index contributed by atoms with van der Waals surface area (Å²) in [7, 11) is -4.30. The number of rotatable bonds is 4. The van der Waals surface area contributed by atoms with E-state index in [2.05, 4.69) is 0 Å². The first-order chi connectivity index (χ1) is 9.83. The third kappa shape index (κ3) is 3.49. The Kier molecular flexibility index (Phi) is 4.46. The average molecular weight is 334 g/mol. The molecule has 0 radical (unpaired) electrons. The van der Waals surface area contributed by atoms with Gasteiger partial charge < -0.3 is 5.11 Å². The van der Waals surface area contributed by atoms with Crippen molar-refractivity contribution < 1.29 is 22.3 Å². The van der Waals surface area contributed by atoms with Gasteiger partial charge in [0.1, 0.15) is 16.5 Å². The molecule has 0 spiro atoms. The molecule has 0 heterocycles. The van der Waals surface area contributed by atoms with E-state index in [0.29, 0.717) is 0 Å². The van der Waals surface area contributed by atoms with E-state index in [1.807, 2.05) is 4.72 Å². The highest BCUT2D eigenvalue weighted by molar-refractivity contribution is 7.92. The molecule has 21 heavy (non-hydrogen) atoms. The third-order valence-corrected chi connectivity index (χ3v) is 4.35. The molecule has 2 aromatic rings. The van der Waals surface area contributed by atoms with Crippen LogP contribution in [0.5, 0.6) is 0 Å². The van der Waals surface area contributed by atoms with Crippen LogP contribution in [-0.4, -0.2) is 13.5 Å². The Morgan fingerprint density at radius 3 is 2.52 bits per heavy atom. The van der Waals surface area contributed by atoms with Crippen molar-refractivity contribution in [3.05, 3.63) is 58.6 Å². The summed E-state index contributed by atoms with van der Waals surface area (Å²) < 4.78 is 53.1. The van der Waals surface area contributed by atoms with Crippen LogP contribution in [0.15, 0.2) is 41.3 Å². The van der Waals surface area contributed by atoms with E-state index >= 15 is 0 Å². The molecule has 8 heteroatoms. The van der Waals surface area contributed by atoms with Gasteiger partial charge in [0.25, 0.3) is 10.0 Å².